The van der Waals surface area contributed by atoms with Gasteiger partial charge in [-0.25, -0.2) is 13.1 Å². The fourth-order valence-corrected chi connectivity index (χ4v) is 9.60. The highest BCUT2D eigenvalue weighted by molar-refractivity contribution is 7.99. The molecule has 0 aliphatic carbocycles. The van der Waals surface area contributed by atoms with E-state index in [-0.39, 0.29) is 22.2 Å². The molecule has 5 aromatic rings. The van der Waals surface area contributed by atoms with Crippen LogP contribution < -0.4 is 14.9 Å². The second-order valence-electron chi connectivity index (χ2n) is 14.7. The van der Waals surface area contributed by atoms with E-state index in [0.29, 0.717) is 35.4 Å². The molecule has 60 heavy (non-hydrogen) atoms. The lowest BCUT2D eigenvalue weighted by Crippen LogP contribution is -2.46. The molecule has 7 rings (SSSR count). The standard InChI is InChI=1S/C44H46Cl2N6O6S2/c45-40-16-12-33(28-41(40)46)39-9-5-4-6-34(39)30-50-20-22-51(23-21-50)36-13-10-32(11-14-36)44(53)48-60(56,57)38-15-17-42(43(29-38)52(54)55)47-35(18-19-49-24-26-58-27-25-49)31-59-37-7-2-1-3-8-37/h1-17,28-29,35,47H,18-27,30-31H2,(H,48,53)/t35-/m1/s1. The van der Waals surface area contributed by atoms with Crippen LogP contribution in [-0.4, -0.2) is 99.9 Å². The Hall–Kier alpha value is -4.67. The van der Waals surface area contributed by atoms with Crippen molar-refractivity contribution in [3.05, 3.63) is 147 Å². The maximum atomic E-state index is 13.4. The first-order chi connectivity index (χ1) is 29.0. The van der Waals surface area contributed by atoms with Crippen molar-refractivity contribution in [2.45, 2.75) is 28.8 Å². The van der Waals surface area contributed by atoms with Crippen molar-refractivity contribution >= 4 is 68.0 Å². The first kappa shape index (κ1) is 43.4. The predicted octanol–water partition coefficient (Wildman–Crippen LogP) is 8.30. The third-order valence-electron chi connectivity index (χ3n) is 10.7. The maximum Gasteiger partial charge on any atom is 0.293 e. The van der Waals surface area contributed by atoms with Gasteiger partial charge in [-0.3, -0.25) is 24.7 Å². The summed E-state index contributed by atoms with van der Waals surface area (Å²) in [4.78, 5) is 32.5. The van der Waals surface area contributed by atoms with Gasteiger partial charge in [0, 0.05) is 86.4 Å². The number of morpholine rings is 1. The number of sulfonamides is 1. The van der Waals surface area contributed by atoms with E-state index in [1.807, 2.05) is 60.7 Å². The van der Waals surface area contributed by atoms with Crippen LogP contribution in [0.5, 0.6) is 0 Å². The number of piperazine rings is 1. The summed E-state index contributed by atoms with van der Waals surface area (Å²) < 4.78 is 34.5. The van der Waals surface area contributed by atoms with Crippen LogP contribution in [-0.2, 0) is 21.3 Å². The average molecular weight is 890 g/mol. The lowest BCUT2D eigenvalue weighted by molar-refractivity contribution is -0.384. The molecular formula is C44H46Cl2N6O6S2. The van der Waals surface area contributed by atoms with Gasteiger partial charge in [-0.2, -0.15) is 0 Å². The number of hydrogen-bond donors (Lipinski definition) is 2. The Bertz CT molecular complexity index is 2380. The number of carbonyl (C=O) groups excluding carboxylic acids is 1. The Morgan fingerprint density at radius 1 is 0.817 bits per heavy atom. The predicted molar refractivity (Wildman–Crippen MR) is 240 cm³/mol. The van der Waals surface area contributed by atoms with E-state index in [1.54, 1.807) is 36.0 Å². The number of benzene rings is 5. The Morgan fingerprint density at radius 2 is 1.53 bits per heavy atom. The van der Waals surface area contributed by atoms with Crippen LogP contribution in [0.25, 0.3) is 11.1 Å². The van der Waals surface area contributed by atoms with Gasteiger partial charge < -0.3 is 15.0 Å². The number of halogens is 2. The molecule has 0 saturated carbocycles. The van der Waals surface area contributed by atoms with Crippen molar-refractivity contribution < 1.29 is 22.9 Å². The lowest BCUT2D eigenvalue weighted by Gasteiger charge is -2.36. The molecule has 5 aromatic carbocycles. The van der Waals surface area contributed by atoms with Gasteiger partial charge in [0.05, 0.1) is 33.1 Å². The van der Waals surface area contributed by atoms with E-state index < -0.39 is 26.5 Å². The first-order valence-electron chi connectivity index (χ1n) is 19.7. The summed E-state index contributed by atoms with van der Waals surface area (Å²) in [5.41, 5.74) is 4.17. The first-order valence-corrected chi connectivity index (χ1v) is 23.0. The second kappa shape index (κ2) is 20.3. The fourth-order valence-electron chi connectivity index (χ4n) is 7.32. The fraction of sp³-hybridized carbons (Fsp3) is 0.295. The summed E-state index contributed by atoms with van der Waals surface area (Å²) in [7, 11) is -4.45. The van der Waals surface area contributed by atoms with Crippen LogP contribution in [0.2, 0.25) is 10.0 Å². The van der Waals surface area contributed by atoms with E-state index in [9.17, 15) is 23.3 Å². The number of nitro groups is 1. The summed E-state index contributed by atoms with van der Waals surface area (Å²) in [6, 6.07) is 34.1. The number of nitro benzene ring substituents is 1. The molecule has 0 unspecified atom stereocenters. The highest BCUT2D eigenvalue weighted by atomic mass is 35.5. The molecule has 2 N–H and O–H groups in total. The molecule has 1 amide bonds. The number of amides is 1. The summed E-state index contributed by atoms with van der Waals surface area (Å²) in [6.45, 7) is 7.68. The number of rotatable bonds is 16. The zero-order valence-corrected chi connectivity index (χ0v) is 36.0. The highest BCUT2D eigenvalue weighted by Gasteiger charge is 2.26. The number of nitrogens with one attached hydrogen (secondary N) is 2. The quantitative estimate of drug-likeness (QED) is 0.0563. The molecule has 314 valence electrons. The molecule has 0 bridgehead atoms. The Balaban J connectivity index is 0.958. The Morgan fingerprint density at radius 3 is 2.25 bits per heavy atom. The van der Waals surface area contributed by atoms with Gasteiger partial charge in [0.15, 0.2) is 0 Å². The normalized spacial score (nSPS) is 15.7. The van der Waals surface area contributed by atoms with Gasteiger partial charge in [-0.15, -0.1) is 11.8 Å². The third kappa shape index (κ3) is 11.4. The van der Waals surface area contributed by atoms with Crippen molar-refractivity contribution in [3.63, 3.8) is 0 Å². The molecule has 1 atom stereocenters. The zero-order valence-electron chi connectivity index (χ0n) is 32.8. The zero-order chi connectivity index (χ0) is 42.1. The topological polar surface area (TPSA) is 137 Å². The van der Waals surface area contributed by atoms with Crippen LogP contribution in [0, 0.1) is 10.1 Å². The SMILES string of the molecule is O=C(NS(=O)(=O)c1ccc(N[C@H](CCN2CCOCC2)CSc2ccccc2)c([N+](=O)[O-])c1)c1ccc(N2CCN(Cc3ccccc3-c3ccc(Cl)c(Cl)c3)CC2)cc1. The van der Waals surface area contributed by atoms with Gasteiger partial charge in [0.25, 0.3) is 21.6 Å². The largest absolute Gasteiger partial charge is 0.379 e. The molecule has 0 aromatic heterocycles. The third-order valence-corrected chi connectivity index (χ3v) is 13.9. The van der Waals surface area contributed by atoms with Crippen LogP contribution in [0.1, 0.15) is 22.3 Å². The van der Waals surface area contributed by atoms with Crippen LogP contribution in [0.15, 0.2) is 125 Å². The van der Waals surface area contributed by atoms with Crippen molar-refractivity contribution in [3.8, 4) is 11.1 Å². The smallest absolute Gasteiger partial charge is 0.293 e. The van der Waals surface area contributed by atoms with Crippen molar-refractivity contribution in [2.24, 2.45) is 0 Å². The molecule has 0 spiro atoms. The maximum absolute atomic E-state index is 13.4. The highest BCUT2D eigenvalue weighted by Crippen LogP contribution is 2.33. The van der Waals surface area contributed by atoms with Crippen LogP contribution >= 0.6 is 35.0 Å². The van der Waals surface area contributed by atoms with Gasteiger partial charge in [-0.1, -0.05) is 71.7 Å². The molecule has 12 nitrogen and oxygen atoms in total. The van der Waals surface area contributed by atoms with E-state index in [0.717, 1.165) is 80.1 Å². The molecule has 2 saturated heterocycles. The van der Waals surface area contributed by atoms with Gasteiger partial charge >= 0.3 is 0 Å². The molecule has 2 heterocycles. The molecule has 2 aliphatic heterocycles. The van der Waals surface area contributed by atoms with E-state index in [1.165, 1.54) is 17.7 Å². The Labute approximate surface area is 365 Å². The van der Waals surface area contributed by atoms with E-state index in [2.05, 4.69) is 36.9 Å². The molecule has 2 aliphatic rings. The van der Waals surface area contributed by atoms with E-state index >= 15 is 0 Å². The molecular weight excluding hydrogens is 844 g/mol. The number of ether oxygens (including phenoxy) is 1. The van der Waals surface area contributed by atoms with Gasteiger partial charge in [0.1, 0.15) is 5.69 Å². The number of carbonyl (C=O) groups is 1. The summed E-state index contributed by atoms with van der Waals surface area (Å²) in [6.07, 6.45) is 0.708. The van der Waals surface area contributed by atoms with Crippen LogP contribution in [0.3, 0.4) is 0 Å². The number of anilines is 2. The summed E-state index contributed by atoms with van der Waals surface area (Å²) in [5, 5.41) is 16.7. The van der Waals surface area contributed by atoms with Crippen molar-refractivity contribution in [2.75, 3.05) is 75.0 Å². The Kier molecular flexibility index (Phi) is 14.7. The summed E-state index contributed by atoms with van der Waals surface area (Å²) >= 11 is 14.1. The van der Waals surface area contributed by atoms with E-state index in [4.69, 9.17) is 27.9 Å². The minimum atomic E-state index is -4.45. The minimum absolute atomic E-state index is 0.145. The number of hydrogen-bond acceptors (Lipinski definition) is 11. The van der Waals surface area contributed by atoms with Gasteiger partial charge in [-0.05, 0) is 83.8 Å². The van der Waals surface area contributed by atoms with Crippen molar-refractivity contribution in [1.29, 1.82) is 0 Å². The lowest BCUT2D eigenvalue weighted by atomic mass is 9.99. The van der Waals surface area contributed by atoms with Crippen molar-refractivity contribution in [1.82, 2.24) is 14.5 Å². The molecule has 2 fully saturated rings. The van der Waals surface area contributed by atoms with Gasteiger partial charge in [0.2, 0.25) is 0 Å². The summed E-state index contributed by atoms with van der Waals surface area (Å²) in [5.74, 6) is -0.202. The number of thioether (sulfide) groups is 1. The second-order valence-corrected chi connectivity index (χ2v) is 18.3. The van der Waals surface area contributed by atoms with Crippen LogP contribution in [0.4, 0.5) is 17.1 Å². The molecule has 16 heteroatoms. The number of nitrogens with zero attached hydrogens (tertiary/aromatic N) is 4. The minimum Gasteiger partial charge on any atom is -0.379 e. The average Bonchev–Trinajstić information content (AvgIpc) is 3.26. The molecule has 0 radical (unpaired) electrons. The monoisotopic (exact) mass is 888 g/mol.